The van der Waals surface area contributed by atoms with E-state index in [2.05, 4.69) is 5.16 Å². The molecular weight excluding hydrogens is 282 g/mol. The molecule has 0 amide bonds. The molecule has 20 heavy (non-hydrogen) atoms. The number of benzene rings is 1. The molecule has 1 aromatic carbocycles. The Hall–Kier alpha value is -1.50. The van der Waals surface area contributed by atoms with Crippen LogP contribution in [0.25, 0.3) is 0 Å². The van der Waals surface area contributed by atoms with Gasteiger partial charge in [0, 0.05) is 18.3 Å². The van der Waals surface area contributed by atoms with Gasteiger partial charge in [0.15, 0.2) is 5.84 Å². The summed E-state index contributed by atoms with van der Waals surface area (Å²) in [5.41, 5.74) is 6.98. The van der Waals surface area contributed by atoms with Gasteiger partial charge in [-0.25, -0.2) is 0 Å². The minimum Gasteiger partial charge on any atom is -0.409 e. The number of anilines is 1. The predicted molar refractivity (Wildman–Crippen MR) is 77.6 cm³/mol. The lowest BCUT2D eigenvalue weighted by molar-refractivity contribution is -0.0103. The van der Waals surface area contributed by atoms with Gasteiger partial charge in [0.2, 0.25) is 0 Å². The fourth-order valence-corrected chi connectivity index (χ4v) is 2.59. The summed E-state index contributed by atoms with van der Waals surface area (Å²) in [5.74, 6) is -0.0372. The van der Waals surface area contributed by atoms with Crippen molar-refractivity contribution in [3.05, 3.63) is 28.8 Å². The van der Waals surface area contributed by atoms with Crippen molar-refractivity contribution in [2.24, 2.45) is 10.9 Å². The molecule has 0 radical (unpaired) electrons. The maximum absolute atomic E-state index is 9.26. The number of hydrogen-bond acceptors (Lipinski definition) is 5. The molecule has 4 N–H and O–H groups in total. The normalized spacial score (nSPS) is 23.9. The Balaban J connectivity index is 2.43. The van der Waals surface area contributed by atoms with Crippen LogP contribution in [0.15, 0.2) is 23.4 Å². The molecule has 0 aromatic heterocycles. The van der Waals surface area contributed by atoms with Crippen LogP contribution >= 0.6 is 11.6 Å². The minimum absolute atomic E-state index is 0.0372. The van der Waals surface area contributed by atoms with Crippen LogP contribution in [0.3, 0.4) is 0 Å². The number of nitrogens with two attached hydrogens (primary N) is 1. The molecule has 2 rings (SSSR count). The van der Waals surface area contributed by atoms with E-state index in [0.29, 0.717) is 23.7 Å². The van der Waals surface area contributed by atoms with E-state index in [1.165, 1.54) is 0 Å². The molecule has 7 heteroatoms. The topological polar surface area (TPSA) is 91.3 Å². The fraction of sp³-hybridized carbons (Fsp3) is 0.462. The Kier molecular flexibility index (Phi) is 4.69. The van der Waals surface area contributed by atoms with Crippen molar-refractivity contribution >= 4 is 23.1 Å². The zero-order chi connectivity index (χ0) is 14.7. The Morgan fingerprint density at radius 3 is 3.00 bits per heavy atom. The number of halogens is 1. The molecule has 0 spiro atoms. The van der Waals surface area contributed by atoms with E-state index in [1.807, 2.05) is 24.0 Å². The molecule has 1 saturated heterocycles. The monoisotopic (exact) mass is 299 g/mol. The van der Waals surface area contributed by atoms with Gasteiger partial charge in [-0.3, -0.25) is 0 Å². The Morgan fingerprint density at radius 1 is 1.60 bits per heavy atom. The van der Waals surface area contributed by atoms with Crippen molar-refractivity contribution in [2.75, 3.05) is 24.7 Å². The summed E-state index contributed by atoms with van der Waals surface area (Å²) in [6, 6.07) is 5.45. The van der Waals surface area contributed by atoms with Crippen LogP contribution in [-0.4, -0.2) is 48.1 Å². The molecule has 2 unspecified atom stereocenters. The summed E-state index contributed by atoms with van der Waals surface area (Å²) in [4.78, 5) is 2.05. The molecule has 0 aliphatic carbocycles. The second-order valence-electron chi connectivity index (χ2n) is 4.76. The number of rotatable bonds is 3. The van der Waals surface area contributed by atoms with Gasteiger partial charge in [-0.1, -0.05) is 22.8 Å². The van der Waals surface area contributed by atoms with E-state index in [1.54, 1.807) is 6.07 Å². The van der Waals surface area contributed by atoms with Gasteiger partial charge in [-0.05, 0) is 19.1 Å². The standard InChI is InChI=1S/C13H18ClN3O3/c1-8-7-20-9(6-18)5-17(8)11-4-2-3-10(14)12(11)13(15)16-19/h2-4,8-9,18-19H,5-7H2,1H3,(H2,15,16). The highest BCUT2D eigenvalue weighted by Gasteiger charge is 2.28. The van der Waals surface area contributed by atoms with Crippen LogP contribution < -0.4 is 10.6 Å². The SMILES string of the molecule is CC1COC(CO)CN1c1cccc(Cl)c1/C(N)=N/O. The number of oxime groups is 1. The Labute approximate surface area is 122 Å². The van der Waals surface area contributed by atoms with Crippen LogP contribution in [-0.2, 0) is 4.74 Å². The maximum Gasteiger partial charge on any atom is 0.173 e. The van der Waals surface area contributed by atoms with Crippen molar-refractivity contribution < 1.29 is 15.1 Å². The minimum atomic E-state index is -0.259. The van der Waals surface area contributed by atoms with Crippen molar-refractivity contribution in [1.29, 1.82) is 0 Å². The van der Waals surface area contributed by atoms with Crippen LogP contribution in [0.4, 0.5) is 5.69 Å². The summed E-state index contributed by atoms with van der Waals surface area (Å²) in [7, 11) is 0. The van der Waals surface area contributed by atoms with Crippen molar-refractivity contribution in [3.8, 4) is 0 Å². The molecule has 2 atom stereocenters. The Morgan fingerprint density at radius 2 is 2.35 bits per heavy atom. The van der Waals surface area contributed by atoms with E-state index < -0.39 is 0 Å². The third-order valence-electron chi connectivity index (χ3n) is 3.37. The quantitative estimate of drug-likeness (QED) is 0.335. The first-order chi connectivity index (χ1) is 9.58. The first kappa shape index (κ1) is 14.9. The van der Waals surface area contributed by atoms with Crippen LogP contribution in [0.1, 0.15) is 12.5 Å². The van der Waals surface area contributed by atoms with E-state index in [4.69, 9.17) is 27.3 Å². The van der Waals surface area contributed by atoms with Crippen LogP contribution in [0.2, 0.25) is 5.02 Å². The zero-order valence-corrected chi connectivity index (χ0v) is 11.9. The average Bonchev–Trinajstić information content (AvgIpc) is 2.47. The van der Waals surface area contributed by atoms with Gasteiger partial charge in [0.1, 0.15) is 0 Å². The largest absolute Gasteiger partial charge is 0.409 e. The highest BCUT2D eigenvalue weighted by atomic mass is 35.5. The number of aliphatic hydroxyl groups excluding tert-OH is 1. The first-order valence-electron chi connectivity index (χ1n) is 6.34. The highest BCUT2D eigenvalue weighted by Crippen LogP contribution is 2.30. The summed E-state index contributed by atoms with van der Waals surface area (Å²) in [6.45, 7) is 2.96. The molecular formula is C13H18ClN3O3. The number of morpholine rings is 1. The predicted octanol–water partition coefficient (Wildman–Crippen LogP) is 1.02. The first-order valence-corrected chi connectivity index (χ1v) is 6.71. The molecule has 1 fully saturated rings. The molecule has 110 valence electrons. The van der Waals surface area contributed by atoms with Gasteiger partial charge in [-0.2, -0.15) is 0 Å². The molecule has 0 bridgehead atoms. The van der Waals surface area contributed by atoms with Gasteiger partial charge in [0.25, 0.3) is 0 Å². The summed E-state index contributed by atoms with van der Waals surface area (Å²) < 4.78 is 5.51. The van der Waals surface area contributed by atoms with Crippen molar-refractivity contribution in [2.45, 2.75) is 19.1 Å². The number of hydrogen-bond donors (Lipinski definition) is 3. The second-order valence-corrected chi connectivity index (χ2v) is 5.17. The average molecular weight is 300 g/mol. The van der Waals surface area contributed by atoms with E-state index in [-0.39, 0.29) is 24.6 Å². The van der Waals surface area contributed by atoms with Gasteiger partial charge < -0.3 is 25.7 Å². The summed E-state index contributed by atoms with van der Waals surface area (Å²) in [5, 5.41) is 21.6. The van der Waals surface area contributed by atoms with Gasteiger partial charge >= 0.3 is 0 Å². The number of aliphatic hydroxyl groups is 1. The lowest BCUT2D eigenvalue weighted by Crippen LogP contribution is -2.50. The number of amidine groups is 1. The number of nitrogens with zero attached hydrogens (tertiary/aromatic N) is 2. The lowest BCUT2D eigenvalue weighted by atomic mass is 10.1. The van der Waals surface area contributed by atoms with E-state index in [0.717, 1.165) is 5.69 Å². The summed E-state index contributed by atoms with van der Waals surface area (Å²) >= 11 is 6.16. The second kappa shape index (κ2) is 6.30. The van der Waals surface area contributed by atoms with Crippen LogP contribution in [0, 0.1) is 0 Å². The smallest absolute Gasteiger partial charge is 0.173 e. The third-order valence-corrected chi connectivity index (χ3v) is 3.69. The summed E-state index contributed by atoms with van der Waals surface area (Å²) in [6.07, 6.45) is -0.259. The third kappa shape index (κ3) is 2.82. The highest BCUT2D eigenvalue weighted by molar-refractivity contribution is 6.34. The van der Waals surface area contributed by atoms with E-state index >= 15 is 0 Å². The maximum atomic E-state index is 9.26. The van der Waals surface area contributed by atoms with Crippen molar-refractivity contribution in [1.82, 2.24) is 0 Å². The van der Waals surface area contributed by atoms with Crippen molar-refractivity contribution in [3.63, 3.8) is 0 Å². The van der Waals surface area contributed by atoms with Gasteiger partial charge in [0.05, 0.1) is 29.9 Å². The van der Waals surface area contributed by atoms with E-state index in [9.17, 15) is 5.11 Å². The molecule has 1 aliphatic rings. The molecule has 6 nitrogen and oxygen atoms in total. The van der Waals surface area contributed by atoms with Gasteiger partial charge in [-0.15, -0.1) is 0 Å². The molecule has 1 heterocycles. The molecule has 1 aromatic rings. The number of ether oxygens (including phenoxy) is 1. The van der Waals surface area contributed by atoms with Crippen LogP contribution in [0.5, 0.6) is 0 Å². The zero-order valence-electron chi connectivity index (χ0n) is 11.2. The molecule has 1 aliphatic heterocycles. The molecule has 0 saturated carbocycles. The Bertz CT molecular complexity index is 510. The fourth-order valence-electron chi connectivity index (χ4n) is 2.32. The lowest BCUT2D eigenvalue weighted by Gasteiger charge is -2.40.